The maximum absolute atomic E-state index is 6.00. The Balaban J connectivity index is 0.00000225. The molecule has 3 nitrogen and oxygen atoms in total. The van der Waals surface area contributed by atoms with Gasteiger partial charge in [0.2, 0.25) is 0 Å². The molecule has 0 aliphatic heterocycles. The van der Waals surface area contributed by atoms with Crippen molar-refractivity contribution in [3.63, 3.8) is 0 Å². The smallest absolute Gasteiger partial charge is 0.124 e. The molecule has 1 aromatic heterocycles. The third-order valence-electron chi connectivity index (χ3n) is 3.61. The second-order valence-electron chi connectivity index (χ2n) is 5.45. The van der Waals surface area contributed by atoms with E-state index in [0.717, 1.165) is 40.1 Å². The summed E-state index contributed by atoms with van der Waals surface area (Å²) in [6.45, 7) is 2.02. The van der Waals surface area contributed by atoms with Crippen molar-refractivity contribution in [2.45, 2.75) is 19.7 Å². The Labute approximate surface area is 163 Å². The quantitative estimate of drug-likeness (QED) is 0.576. The van der Waals surface area contributed by atoms with Crippen molar-refractivity contribution in [3.8, 4) is 5.75 Å². The number of benzene rings is 2. The van der Waals surface area contributed by atoms with E-state index in [1.165, 1.54) is 0 Å². The zero-order chi connectivity index (χ0) is 16.6. The number of halogens is 2. The molecule has 0 amide bonds. The van der Waals surface area contributed by atoms with Gasteiger partial charge in [0.1, 0.15) is 12.4 Å². The third-order valence-corrected chi connectivity index (χ3v) is 4.10. The second-order valence-corrected chi connectivity index (χ2v) is 6.37. The van der Waals surface area contributed by atoms with E-state index in [0.29, 0.717) is 6.61 Å². The van der Waals surface area contributed by atoms with Crippen LogP contribution >= 0.6 is 28.3 Å². The molecule has 0 saturated heterocycles. The first-order valence-corrected chi connectivity index (χ1v) is 8.66. The molecule has 0 radical (unpaired) electrons. The molecular formula is C20H20BrClN2O. The van der Waals surface area contributed by atoms with E-state index < -0.39 is 0 Å². The lowest BCUT2D eigenvalue weighted by Crippen LogP contribution is -2.14. The molecule has 5 heteroatoms. The SMILES string of the molecule is Brc1ccc(OCc2ccccc2)c(CNCc2ccccn2)c1.Cl. The predicted octanol–water partition coefficient (Wildman–Crippen LogP) is 5.13. The van der Waals surface area contributed by atoms with E-state index in [-0.39, 0.29) is 12.4 Å². The zero-order valence-electron chi connectivity index (χ0n) is 13.7. The van der Waals surface area contributed by atoms with Gasteiger partial charge in [-0.2, -0.15) is 0 Å². The van der Waals surface area contributed by atoms with Crippen LogP contribution in [-0.2, 0) is 19.7 Å². The van der Waals surface area contributed by atoms with Gasteiger partial charge in [-0.25, -0.2) is 0 Å². The van der Waals surface area contributed by atoms with Crippen molar-refractivity contribution >= 4 is 28.3 Å². The Morgan fingerprint density at radius 1 is 0.920 bits per heavy atom. The van der Waals surface area contributed by atoms with Gasteiger partial charge in [0.05, 0.1) is 5.69 Å². The Kier molecular flexibility index (Phi) is 7.92. The van der Waals surface area contributed by atoms with Crippen LogP contribution in [0.3, 0.4) is 0 Å². The number of nitrogens with zero attached hydrogens (tertiary/aromatic N) is 1. The Bertz CT molecular complexity index is 769. The summed E-state index contributed by atoms with van der Waals surface area (Å²) >= 11 is 3.53. The lowest BCUT2D eigenvalue weighted by molar-refractivity contribution is 0.302. The van der Waals surface area contributed by atoms with E-state index in [1.54, 1.807) is 0 Å². The predicted molar refractivity (Wildman–Crippen MR) is 107 cm³/mol. The summed E-state index contributed by atoms with van der Waals surface area (Å²) in [4.78, 5) is 4.32. The Morgan fingerprint density at radius 3 is 2.48 bits per heavy atom. The van der Waals surface area contributed by atoms with Crippen LogP contribution in [0.4, 0.5) is 0 Å². The van der Waals surface area contributed by atoms with Crippen molar-refractivity contribution in [1.82, 2.24) is 10.3 Å². The second kappa shape index (κ2) is 10.2. The number of nitrogens with one attached hydrogen (secondary N) is 1. The molecule has 1 heterocycles. The molecule has 3 aromatic rings. The minimum absolute atomic E-state index is 0. The number of hydrogen-bond donors (Lipinski definition) is 1. The number of hydrogen-bond acceptors (Lipinski definition) is 3. The average molecular weight is 420 g/mol. The molecule has 0 atom stereocenters. The van der Waals surface area contributed by atoms with Gasteiger partial charge in [0, 0.05) is 29.3 Å². The molecule has 0 aliphatic carbocycles. The lowest BCUT2D eigenvalue weighted by atomic mass is 10.2. The first kappa shape index (κ1) is 19.4. The highest BCUT2D eigenvalue weighted by Crippen LogP contribution is 2.24. The van der Waals surface area contributed by atoms with Crippen LogP contribution in [0.1, 0.15) is 16.8 Å². The summed E-state index contributed by atoms with van der Waals surface area (Å²) < 4.78 is 7.05. The molecule has 1 N–H and O–H groups in total. The largest absolute Gasteiger partial charge is 0.489 e. The van der Waals surface area contributed by atoms with E-state index in [2.05, 4.69) is 44.4 Å². The molecule has 0 fully saturated rings. The first-order valence-electron chi connectivity index (χ1n) is 7.87. The summed E-state index contributed by atoms with van der Waals surface area (Å²) in [5, 5.41) is 3.42. The van der Waals surface area contributed by atoms with Crippen LogP contribution in [0.25, 0.3) is 0 Å². The summed E-state index contributed by atoms with van der Waals surface area (Å²) in [6.07, 6.45) is 1.81. The molecule has 130 valence electrons. The van der Waals surface area contributed by atoms with Gasteiger partial charge in [-0.05, 0) is 35.9 Å². The van der Waals surface area contributed by atoms with Crippen molar-refractivity contribution in [2.24, 2.45) is 0 Å². The van der Waals surface area contributed by atoms with Gasteiger partial charge in [0.15, 0.2) is 0 Å². The minimum Gasteiger partial charge on any atom is -0.489 e. The van der Waals surface area contributed by atoms with Gasteiger partial charge in [0.25, 0.3) is 0 Å². The standard InChI is InChI=1S/C20H19BrN2O.ClH/c21-18-9-10-20(24-15-16-6-2-1-3-7-16)17(12-18)13-22-14-19-8-4-5-11-23-19;/h1-12,22H,13-15H2;1H. The monoisotopic (exact) mass is 418 g/mol. The topological polar surface area (TPSA) is 34.1 Å². The fraction of sp³-hybridized carbons (Fsp3) is 0.150. The highest BCUT2D eigenvalue weighted by molar-refractivity contribution is 9.10. The molecule has 0 bridgehead atoms. The zero-order valence-corrected chi connectivity index (χ0v) is 16.1. The molecule has 25 heavy (non-hydrogen) atoms. The number of rotatable bonds is 7. The fourth-order valence-corrected chi connectivity index (χ4v) is 2.80. The van der Waals surface area contributed by atoms with Gasteiger partial charge >= 0.3 is 0 Å². The van der Waals surface area contributed by atoms with E-state index in [4.69, 9.17) is 4.74 Å². The first-order chi connectivity index (χ1) is 11.8. The molecule has 0 aliphatic rings. The lowest BCUT2D eigenvalue weighted by Gasteiger charge is -2.13. The maximum atomic E-state index is 6.00. The van der Waals surface area contributed by atoms with E-state index in [9.17, 15) is 0 Å². The van der Waals surface area contributed by atoms with Crippen LogP contribution in [0.15, 0.2) is 77.4 Å². The van der Waals surface area contributed by atoms with Crippen LogP contribution in [-0.4, -0.2) is 4.98 Å². The van der Waals surface area contributed by atoms with Crippen LogP contribution < -0.4 is 10.1 Å². The summed E-state index contributed by atoms with van der Waals surface area (Å²) in [5.41, 5.74) is 3.31. The van der Waals surface area contributed by atoms with Gasteiger partial charge < -0.3 is 10.1 Å². The molecule has 0 unspecified atom stereocenters. The van der Waals surface area contributed by atoms with Gasteiger partial charge in [-0.3, -0.25) is 4.98 Å². The third kappa shape index (κ3) is 6.16. The van der Waals surface area contributed by atoms with Gasteiger partial charge in [-0.15, -0.1) is 12.4 Å². The Hall–Kier alpha value is -1.88. The minimum atomic E-state index is 0. The summed E-state index contributed by atoms with van der Waals surface area (Å²) in [6, 6.07) is 22.2. The summed E-state index contributed by atoms with van der Waals surface area (Å²) in [7, 11) is 0. The van der Waals surface area contributed by atoms with Gasteiger partial charge in [-0.1, -0.05) is 52.3 Å². The molecule has 2 aromatic carbocycles. The highest BCUT2D eigenvalue weighted by Gasteiger charge is 2.05. The van der Waals surface area contributed by atoms with Crippen LogP contribution in [0, 0.1) is 0 Å². The number of pyridine rings is 1. The maximum Gasteiger partial charge on any atom is 0.124 e. The number of aromatic nitrogens is 1. The van der Waals surface area contributed by atoms with Crippen molar-refractivity contribution in [2.75, 3.05) is 0 Å². The molecular weight excluding hydrogens is 400 g/mol. The van der Waals surface area contributed by atoms with E-state index in [1.807, 2.05) is 54.7 Å². The molecule has 3 rings (SSSR count). The average Bonchev–Trinajstić information content (AvgIpc) is 2.63. The highest BCUT2D eigenvalue weighted by atomic mass is 79.9. The number of ether oxygens (including phenoxy) is 1. The van der Waals surface area contributed by atoms with E-state index >= 15 is 0 Å². The van der Waals surface area contributed by atoms with Crippen LogP contribution in [0.2, 0.25) is 0 Å². The van der Waals surface area contributed by atoms with Crippen molar-refractivity contribution in [1.29, 1.82) is 0 Å². The fourth-order valence-electron chi connectivity index (χ4n) is 2.39. The molecule has 0 spiro atoms. The van der Waals surface area contributed by atoms with Crippen molar-refractivity contribution < 1.29 is 4.74 Å². The molecule has 0 saturated carbocycles. The Morgan fingerprint density at radius 2 is 1.72 bits per heavy atom. The summed E-state index contributed by atoms with van der Waals surface area (Å²) in [5.74, 6) is 0.899. The van der Waals surface area contributed by atoms with Crippen molar-refractivity contribution in [3.05, 3.63) is 94.2 Å². The van der Waals surface area contributed by atoms with Crippen LogP contribution in [0.5, 0.6) is 5.75 Å². The normalized spacial score (nSPS) is 10.1.